The summed E-state index contributed by atoms with van der Waals surface area (Å²) in [5.74, 6) is -1.02. The van der Waals surface area contributed by atoms with Gasteiger partial charge in [-0.3, -0.25) is 30.2 Å². The fourth-order valence-electron chi connectivity index (χ4n) is 4.35. The van der Waals surface area contributed by atoms with Crippen LogP contribution in [-0.2, 0) is 16.1 Å². The van der Waals surface area contributed by atoms with Crippen molar-refractivity contribution in [3.05, 3.63) is 72.6 Å². The molecule has 0 fully saturated rings. The molecular weight excluding hydrogens is 442 g/mol. The third-order valence-electron chi connectivity index (χ3n) is 5.89. The molecule has 0 atom stereocenters. The van der Waals surface area contributed by atoms with Gasteiger partial charge in [-0.1, -0.05) is 32.0 Å². The van der Waals surface area contributed by atoms with Gasteiger partial charge >= 0.3 is 0 Å². The number of aromatic nitrogens is 2. The molecule has 180 valence electrons. The van der Waals surface area contributed by atoms with E-state index in [-0.39, 0.29) is 24.7 Å². The van der Waals surface area contributed by atoms with Crippen molar-refractivity contribution in [3.63, 3.8) is 0 Å². The van der Waals surface area contributed by atoms with Gasteiger partial charge < -0.3 is 9.88 Å². The SMILES string of the molecule is CCn1c2ccccc2c2cc(NC(=O)CC(C)(C)CC(=O)NNC(=O)c3cccnc3)ccc21. The lowest BCUT2D eigenvalue weighted by molar-refractivity contribution is -0.124. The van der Waals surface area contributed by atoms with E-state index in [1.807, 2.05) is 44.2 Å². The minimum Gasteiger partial charge on any atom is -0.341 e. The molecule has 0 aliphatic carbocycles. The number of benzene rings is 2. The molecule has 8 nitrogen and oxygen atoms in total. The van der Waals surface area contributed by atoms with Gasteiger partial charge in [0, 0.05) is 59.3 Å². The third-order valence-corrected chi connectivity index (χ3v) is 5.89. The molecule has 0 unspecified atom stereocenters. The summed E-state index contributed by atoms with van der Waals surface area (Å²) < 4.78 is 2.26. The number of aryl methyl sites for hydroxylation is 1. The predicted octanol–water partition coefficient (Wildman–Crippen LogP) is 4.42. The first-order chi connectivity index (χ1) is 16.8. The Hall–Kier alpha value is -4.20. The van der Waals surface area contributed by atoms with E-state index in [0.29, 0.717) is 11.3 Å². The number of pyridine rings is 1. The molecule has 0 spiro atoms. The van der Waals surface area contributed by atoms with Crippen molar-refractivity contribution in [3.8, 4) is 0 Å². The molecule has 4 aromatic rings. The van der Waals surface area contributed by atoms with Gasteiger partial charge in [-0.25, -0.2) is 0 Å². The maximum Gasteiger partial charge on any atom is 0.271 e. The number of hydrogen-bond donors (Lipinski definition) is 3. The van der Waals surface area contributed by atoms with E-state index < -0.39 is 11.3 Å². The summed E-state index contributed by atoms with van der Waals surface area (Å²) in [4.78, 5) is 41.1. The molecular formula is C27H29N5O3. The van der Waals surface area contributed by atoms with Crippen LogP contribution in [0.3, 0.4) is 0 Å². The predicted molar refractivity (Wildman–Crippen MR) is 137 cm³/mol. The van der Waals surface area contributed by atoms with Gasteiger partial charge in [-0.2, -0.15) is 0 Å². The molecule has 2 aromatic carbocycles. The normalized spacial score (nSPS) is 11.4. The average molecular weight is 472 g/mol. The Balaban J connectivity index is 1.37. The smallest absolute Gasteiger partial charge is 0.271 e. The highest BCUT2D eigenvalue weighted by atomic mass is 16.2. The summed E-state index contributed by atoms with van der Waals surface area (Å²) in [5.41, 5.74) is 7.50. The molecule has 35 heavy (non-hydrogen) atoms. The average Bonchev–Trinajstić information content (AvgIpc) is 3.15. The van der Waals surface area contributed by atoms with Crippen molar-refractivity contribution in [1.82, 2.24) is 20.4 Å². The first-order valence-electron chi connectivity index (χ1n) is 11.6. The van der Waals surface area contributed by atoms with E-state index in [1.165, 1.54) is 6.20 Å². The zero-order valence-corrected chi connectivity index (χ0v) is 20.1. The maximum absolute atomic E-state index is 12.8. The van der Waals surface area contributed by atoms with Crippen LogP contribution in [0.5, 0.6) is 0 Å². The summed E-state index contributed by atoms with van der Waals surface area (Å²) in [7, 11) is 0. The standard InChI is InChI=1S/C27H29N5O3/c1-4-32-22-10-6-5-9-20(22)21-14-19(11-12-23(21)32)29-24(33)15-27(2,3)16-25(34)30-31-26(35)18-8-7-13-28-17-18/h5-14,17H,4,15-16H2,1-3H3,(H,29,33)(H,30,34)(H,31,35). The Morgan fingerprint density at radius 1 is 0.886 bits per heavy atom. The number of carbonyl (C=O) groups excluding carboxylic acids is 3. The van der Waals surface area contributed by atoms with Crippen molar-refractivity contribution in [1.29, 1.82) is 0 Å². The molecule has 0 saturated carbocycles. The number of hydrazine groups is 1. The molecule has 0 aliphatic rings. The van der Waals surface area contributed by atoms with Crippen molar-refractivity contribution in [2.45, 2.75) is 40.2 Å². The molecule has 3 N–H and O–H groups in total. The second-order valence-electron chi connectivity index (χ2n) is 9.30. The lowest BCUT2D eigenvalue weighted by Crippen LogP contribution is -2.43. The minimum atomic E-state index is -0.616. The number of para-hydroxylation sites is 1. The Morgan fingerprint density at radius 2 is 1.63 bits per heavy atom. The number of nitrogens with one attached hydrogen (secondary N) is 3. The Kier molecular flexibility index (Phi) is 6.82. The molecule has 3 amide bonds. The quantitative estimate of drug-likeness (QED) is 0.347. The monoisotopic (exact) mass is 471 g/mol. The van der Waals surface area contributed by atoms with Gasteiger partial charge in [-0.05, 0) is 48.7 Å². The zero-order valence-electron chi connectivity index (χ0n) is 20.1. The summed E-state index contributed by atoms with van der Waals surface area (Å²) in [6, 6.07) is 17.4. The Labute approximate surface area is 203 Å². The van der Waals surface area contributed by atoms with Crippen molar-refractivity contribution in [2.24, 2.45) is 5.41 Å². The van der Waals surface area contributed by atoms with Gasteiger partial charge in [0.25, 0.3) is 5.91 Å². The van der Waals surface area contributed by atoms with Gasteiger partial charge in [0.2, 0.25) is 11.8 Å². The summed E-state index contributed by atoms with van der Waals surface area (Å²) >= 11 is 0. The number of amides is 3. The van der Waals surface area contributed by atoms with Crippen LogP contribution in [0.2, 0.25) is 0 Å². The fourth-order valence-corrected chi connectivity index (χ4v) is 4.35. The largest absolute Gasteiger partial charge is 0.341 e. The highest BCUT2D eigenvalue weighted by molar-refractivity contribution is 6.09. The van der Waals surface area contributed by atoms with Crippen LogP contribution in [0.1, 0.15) is 44.0 Å². The number of anilines is 1. The summed E-state index contributed by atoms with van der Waals surface area (Å²) in [6.07, 6.45) is 3.18. The third kappa shape index (κ3) is 5.48. The topological polar surface area (TPSA) is 105 Å². The van der Waals surface area contributed by atoms with Gasteiger partial charge in [0.1, 0.15) is 0 Å². The fraction of sp³-hybridized carbons (Fsp3) is 0.259. The number of fused-ring (bicyclic) bond motifs is 3. The van der Waals surface area contributed by atoms with Crippen LogP contribution in [-0.4, -0.2) is 27.3 Å². The molecule has 2 heterocycles. The van der Waals surface area contributed by atoms with Crippen molar-refractivity contribution in [2.75, 3.05) is 5.32 Å². The number of nitrogens with zero attached hydrogens (tertiary/aromatic N) is 2. The maximum atomic E-state index is 12.8. The first-order valence-corrected chi connectivity index (χ1v) is 11.6. The zero-order chi connectivity index (χ0) is 25.0. The van der Waals surface area contributed by atoms with E-state index in [0.717, 1.165) is 28.4 Å². The van der Waals surface area contributed by atoms with Crippen LogP contribution >= 0.6 is 0 Å². The summed E-state index contributed by atoms with van der Waals surface area (Å²) in [5, 5.41) is 5.20. The molecule has 8 heteroatoms. The molecule has 2 aromatic heterocycles. The van der Waals surface area contributed by atoms with E-state index >= 15 is 0 Å². The Bertz CT molecular complexity index is 1390. The summed E-state index contributed by atoms with van der Waals surface area (Å²) in [6.45, 7) is 6.65. The van der Waals surface area contributed by atoms with Gasteiger partial charge in [0.05, 0.1) is 5.56 Å². The lowest BCUT2D eigenvalue weighted by Gasteiger charge is -2.23. The van der Waals surface area contributed by atoms with Crippen LogP contribution in [0.15, 0.2) is 67.0 Å². The molecule has 4 rings (SSSR count). The minimum absolute atomic E-state index is 0.0662. The van der Waals surface area contributed by atoms with E-state index in [9.17, 15) is 14.4 Å². The van der Waals surface area contributed by atoms with Gasteiger partial charge in [-0.15, -0.1) is 0 Å². The van der Waals surface area contributed by atoms with Crippen molar-refractivity contribution >= 4 is 45.2 Å². The highest BCUT2D eigenvalue weighted by Crippen LogP contribution is 2.31. The number of carbonyl (C=O) groups is 3. The van der Waals surface area contributed by atoms with Crippen LogP contribution in [0.4, 0.5) is 5.69 Å². The van der Waals surface area contributed by atoms with E-state index in [4.69, 9.17) is 0 Å². The number of hydrogen-bond acceptors (Lipinski definition) is 4. The second-order valence-corrected chi connectivity index (χ2v) is 9.30. The highest BCUT2D eigenvalue weighted by Gasteiger charge is 2.26. The molecule has 0 radical (unpaired) electrons. The van der Waals surface area contributed by atoms with E-state index in [2.05, 4.69) is 44.8 Å². The van der Waals surface area contributed by atoms with Crippen LogP contribution < -0.4 is 16.2 Å². The number of rotatable bonds is 7. The molecule has 0 aliphatic heterocycles. The van der Waals surface area contributed by atoms with Crippen molar-refractivity contribution < 1.29 is 14.4 Å². The second kappa shape index (κ2) is 9.97. The Morgan fingerprint density at radius 3 is 2.37 bits per heavy atom. The first kappa shape index (κ1) is 23.9. The lowest BCUT2D eigenvalue weighted by atomic mass is 9.85. The van der Waals surface area contributed by atoms with Crippen LogP contribution in [0.25, 0.3) is 21.8 Å². The van der Waals surface area contributed by atoms with Gasteiger partial charge in [0.15, 0.2) is 0 Å². The van der Waals surface area contributed by atoms with E-state index in [1.54, 1.807) is 18.3 Å². The molecule has 0 bridgehead atoms. The molecule has 0 saturated heterocycles. The van der Waals surface area contributed by atoms with Crippen LogP contribution in [0, 0.1) is 5.41 Å².